The second-order valence-corrected chi connectivity index (χ2v) is 15.2. The van der Waals surface area contributed by atoms with E-state index >= 15 is 0 Å². The van der Waals surface area contributed by atoms with Crippen LogP contribution in [0.15, 0.2) is 176 Å². The molecule has 1 aliphatic carbocycles. The van der Waals surface area contributed by atoms with E-state index in [9.17, 15) is 0 Å². The molecule has 4 N–H and O–H groups in total. The third-order valence-corrected chi connectivity index (χ3v) is 11.0. The molecule has 0 unspecified atom stereocenters. The van der Waals surface area contributed by atoms with Gasteiger partial charge in [-0.3, -0.25) is 9.97 Å². The fraction of sp³-hybridized carbons (Fsp3) is 0. The number of allylic oxidation sites excluding steroid dienone is 5. The van der Waals surface area contributed by atoms with E-state index in [1.807, 2.05) is 139 Å². The molecule has 0 radical (unpaired) electrons. The van der Waals surface area contributed by atoms with Crippen molar-refractivity contribution in [1.82, 2.24) is 39.5 Å². The number of anilines is 2. The second kappa shape index (κ2) is 18.9. The Balaban J connectivity index is 0.000000139. The Kier molecular flexibility index (Phi) is 12.4. The van der Waals surface area contributed by atoms with Gasteiger partial charge in [0, 0.05) is 66.9 Å². The Morgan fingerprint density at radius 3 is 1.93 bits per heavy atom. The Morgan fingerprint density at radius 2 is 1.33 bits per heavy atom. The number of isothiocyanates is 1. The van der Waals surface area contributed by atoms with Gasteiger partial charge in [-0.25, -0.2) is 19.3 Å². The van der Waals surface area contributed by atoms with Gasteiger partial charge < -0.3 is 16.4 Å². The van der Waals surface area contributed by atoms with E-state index in [1.54, 1.807) is 58.2 Å². The summed E-state index contributed by atoms with van der Waals surface area (Å²) >= 11 is 13.3. The molecule has 0 aliphatic heterocycles. The predicted octanol–water partition coefficient (Wildman–Crippen LogP) is 10.2. The monoisotopic (exact) mass is 855 g/mol. The van der Waals surface area contributed by atoms with Crippen LogP contribution in [0.2, 0.25) is 0 Å². The summed E-state index contributed by atoms with van der Waals surface area (Å²) in [5.74, 6) is 0. The molecule has 16 heteroatoms. The van der Waals surface area contributed by atoms with Gasteiger partial charge in [-0.15, -0.1) is 22.7 Å². The van der Waals surface area contributed by atoms with Crippen LogP contribution in [0.3, 0.4) is 0 Å². The van der Waals surface area contributed by atoms with E-state index in [4.69, 9.17) is 22.9 Å². The smallest absolute Gasteiger partial charge is 0.175 e. The Morgan fingerprint density at radius 1 is 0.717 bits per heavy atom. The van der Waals surface area contributed by atoms with Gasteiger partial charge in [0.2, 0.25) is 0 Å². The van der Waals surface area contributed by atoms with Crippen molar-refractivity contribution in [2.24, 2.45) is 10.7 Å². The Hall–Kier alpha value is -7.42. The van der Waals surface area contributed by atoms with Crippen molar-refractivity contribution in [2.75, 3.05) is 10.6 Å². The van der Waals surface area contributed by atoms with E-state index in [-0.39, 0.29) is 0 Å². The molecular formula is C44H31N12S4+. The molecular weight excluding hydrogens is 825 g/mol. The van der Waals surface area contributed by atoms with Crippen LogP contribution in [0, 0.1) is 6.08 Å². The zero-order valence-electron chi connectivity index (χ0n) is 31.3. The number of hydrogen-bond donors (Lipinski definition) is 3. The quantitative estimate of drug-likeness (QED) is 0.0799. The number of benzene rings is 3. The third-order valence-electron chi connectivity index (χ3n) is 8.60. The van der Waals surface area contributed by atoms with Crippen LogP contribution in [0.25, 0.3) is 48.0 Å². The summed E-state index contributed by atoms with van der Waals surface area (Å²) in [6.45, 7) is 0. The maximum absolute atomic E-state index is 5.89. The van der Waals surface area contributed by atoms with Crippen molar-refractivity contribution >= 4 is 100 Å². The molecule has 12 nitrogen and oxygen atoms in total. The minimum atomic E-state index is 0.511. The lowest BCUT2D eigenvalue weighted by Gasteiger charge is -2.13. The molecule has 0 saturated carbocycles. The lowest BCUT2D eigenvalue weighted by Crippen LogP contribution is -2.19. The van der Waals surface area contributed by atoms with Crippen molar-refractivity contribution in [3.63, 3.8) is 0 Å². The third kappa shape index (κ3) is 9.64. The van der Waals surface area contributed by atoms with Gasteiger partial charge in [0.1, 0.15) is 22.7 Å². The summed E-state index contributed by atoms with van der Waals surface area (Å²) in [4.78, 5) is 21.4. The van der Waals surface area contributed by atoms with Crippen molar-refractivity contribution in [3.05, 3.63) is 182 Å². The molecule has 0 amide bonds. The predicted molar refractivity (Wildman–Crippen MR) is 250 cm³/mol. The average molecular weight is 856 g/mol. The highest BCUT2D eigenvalue weighted by molar-refractivity contribution is 7.80. The number of pyridine rings is 2. The molecule has 60 heavy (non-hydrogen) atoms. The SMILES string of the molecule is NC1=C(c2nc3ccncc3s2)C=C[C+]=C1.S=C(Nc1ccc(-n2cccn2)cc1)Nc1ccccc1-c1nc2ccncc2s1.S=C=Nc1ccc(-n2cccn2)cc1. The highest BCUT2D eigenvalue weighted by atomic mass is 32.1. The molecule has 290 valence electrons. The Bertz CT molecular complexity index is 2950. The van der Waals surface area contributed by atoms with Gasteiger partial charge in [-0.1, -0.05) is 12.1 Å². The lowest BCUT2D eigenvalue weighted by molar-refractivity contribution is 0.880. The number of thiazole rings is 2. The number of aromatic nitrogens is 8. The Labute approximate surface area is 362 Å². The first kappa shape index (κ1) is 39.4. The fourth-order valence-corrected chi connectivity index (χ4v) is 8.05. The van der Waals surface area contributed by atoms with E-state index in [0.29, 0.717) is 10.8 Å². The van der Waals surface area contributed by atoms with Crippen LogP contribution in [0.1, 0.15) is 5.01 Å². The maximum Gasteiger partial charge on any atom is 0.175 e. The second-order valence-electron chi connectivity index (χ2n) is 12.5. The summed E-state index contributed by atoms with van der Waals surface area (Å²) in [5.41, 5.74) is 15.0. The molecule has 6 heterocycles. The summed E-state index contributed by atoms with van der Waals surface area (Å²) in [7, 11) is 0. The molecule has 0 fully saturated rings. The van der Waals surface area contributed by atoms with Crippen LogP contribution in [0.5, 0.6) is 0 Å². The number of para-hydroxylation sites is 1. The van der Waals surface area contributed by atoms with Crippen LogP contribution in [-0.2, 0) is 0 Å². The normalized spacial score (nSPS) is 11.5. The molecule has 0 bridgehead atoms. The molecule has 3 aromatic carbocycles. The molecule has 10 rings (SSSR count). The highest BCUT2D eigenvalue weighted by Crippen LogP contribution is 2.34. The number of aliphatic imine (C=N–C) groups is 1. The molecule has 0 spiro atoms. The van der Waals surface area contributed by atoms with Crippen LogP contribution >= 0.6 is 47.1 Å². The average Bonchev–Trinajstić information content (AvgIpc) is 4.13. The number of nitrogens with one attached hydrogen (secondary N) is 2. The standard InChI is InChI=1S/C22H16N6S2.C12H8N3S.C10H7N3S/c29-22(25-15-6-8-16(9-7-15)28-13-3-11-24-28)27-18-5-2-1-4-17(18)21-26-19-10-12-23-14-20(19)30-21;13-9-4-2-1-3-8(9)12-15-10-5-6-14-7-11(10)16-12;14-8-11-9-2-4-10(5-3-9)13-7-1-6-12-13/h1-14H,(H2,25,27,29);1,3-7H,13H2;1-7H/q;+1;. The lowest BCUT2D eigenvalue weighted by atomic mass is 10.1. The summed E-state index contributed by atoms with van der Waals surface area (Å²) in [6, 6.07) is 31.1. The summed E-state index contributed by atoms with van der Waals surface area (Å²) in [5, 5.41) is 19.6. The first-order valence-electron chi connectivity index (χ1n) is 18.1. The van der Waals surface area contributed by atoms with Gasteiger partial charge in [0.15, 0.2) is 15.8 Å². The van der Waals surface area contributed by atoms with Gasteiger partial charge in [0.05, 0.1) is 54.4 Å². The topological polar surface area (TPSA) is 150 Å². The van der Waals surface area contributed by atoms with Crippen molar-refractivity contribution < 1.29 is 0 Å². The fourth-order valence-electron chi connectivity index (χ4n) is 5.76. The van der Waals surface area contributed by atoms with Crippen LogP contribution in [-0.4, -0.2) is 49.8 Å². The molecule has 0 atom stereocenters. The number of thiocarbonyl (C=S) groups is 2. The molecule has 6 aromatic heterocycles. The van der Waals surface area contributed by atoms with E-state index < -0.39 is 0 Å². The largest absolute Gasteiger partial charge is 0.346 e. The summed E-state index contributed by atoms with van der Waals surface area (Å²) in [6.07, 6.45) is 22.9. The molecule has 0 saturated heterocycles. The van der Waals surface area contributed by atoms with Gasteiger partial charge in [-0.05, 0) is 109 Å². The number of nitrogens with zero attached hydrogens (tertiary/aromatic N) is 9. The number of hydrogen-bond acceptors (Lipinski definition) is 12. The van der Waals surface area contributed by atoms with Gasteiger partial charge in [0.25, 0.3) is 0 Å². The first-order chi connectivity index (χ1) is 29.5. The van der Waals surface area contributed by atoms with E-state index in [1.165, 1.54) is 0 Å². The van der Waals surface area contributed by atoms with Crippen molar-refractivity contribution in [2.45, 2.75) is 0 Å². The summed E-state index contributed by atoms with van der Waals surface area (Å²) < 4.78 is 5.72. The minimum absolute atomic E-state index is 0.511. The maximum atomic E-state index is 5.89. The zero-order valence-corrected chi connectivity index (χ0v) is 34.6. The van der Waals surface area contributed by atoms with Crippen molar-refractivity contribution in [1.29, 1.82) is 0 Å². The van der Waals surface area contributed by atoms with E-state index in [2.05, 4.69) is 64.2 Å². The van der Waals surface area contributed by atoms with Crippen molar-refractivity contribution in [3.8, 4) is 21.9 Å². The van der Waals surface area contributed by atoms with Gasteiger partial charge >= 0.3 is 0 Å². The minimum Gasteiger partial charge on any atom is -0.346 e. The van der Waals surface area contributed by atoms with Gasteiger partial charge in [-0.2, -0.15) is 15.2 Å². The number of nitrogens with two attached hydrogens (primary N) is 1. The first-order valence-corrected chi connectivity index (χ1v) is 20.6. The van der Waals surface area contributed by atoms with Crippen LogP contribution < -0.4 is 16.4 Å². The zero-order chi connectivity index (χ0) is 41.1. The van der Waals surface area contributed by atoms with E-state index in [0.717, 1.165) is 70.0 Å². The molecule has 1 aliphatic rings. The van der Waals surface area contributed by atoms with Crippen LogP contribution in [0.4, 0.5) is 17.1 Å². The molecule has 9 aromatic rings. The highest BCUT2D eigenvalue weighted by Gasteiger charge is 2.17. The number of fused-ring (bicyclic) bond motifs is 2. The number of rotatable bonds is 7.